The van der Waals surface area contributed by atoms with Gasteiger partial charge < -0.3 is 4.42 Å². The lowest BCUT2D eigenvalue weighted by Gasteiger charge is -2.02. The number of rotatable bonds is 3. The minimum Gasteiger partial charge on any atom is -0.436 e. The van der Waals surface area contributed by atoms with E-state index in [0.29, 0.717) is 5.89 Å². The highest BCUT2D eigenvalue weighted by molar-refractivity contribution is 5.79. The summed E-state index contributed by atoms with van der Waals surface area (Å²) in [5.74, 6) is 0.612. The number of fused-ring (bicyclic) bond motifs is 1. The molecule has 0 fully saturated rings. The summed E-state index contributed by atoms with van der Waals surface area (Å²) >= 11 is 0. The van der Waals surface area contributed by atoms with Crippen LogP contribution in [0.25, 0.3) is 39.4 Å². The molecule has 0 saturated heterocycles. The van der Waals surface area contributed by atoms with Crippen LogP contribution >= 0.6 is 0 Å². The molecule has 0 saturated carbocycles. The van der Waals surface area contributed by atoms with Crippen molar-refractivity contribution in [1.82, 2.24) is 19.7 Å². The molecule has 0 amide bonds. The fourth-order valence-corrected chi connectivity index (χ4v) is 2.97. The third kappa shape index (κ3) is 2.56. The Bertz CT molecular complexity index is 1160. The maximum atomic E-state index is 5.92. The van der Waals surface area contributed by atoms with Gasteiger partial charge in [0, 0.05) is 5.56 Å². The molecule has 124 valence electrons. The Balaban J connectivity index is 1.51. The molecule has 0 aliphatic rings. The van der Waals surface area contributed by atoms with Crippen LogP contribution in [0, 0.1) is 0 Å². The van der Waals surface area contributed by atoms with Gasteiger partial charge in [-0.1, -0.05) is 42.5 Å². The second-order valence-electron chi connectivity index (χ2n) is 5.98. The van der Waals surface area contributed by atoms with Crippen molar-refractivity contribution in [3.8, 4) is 28.3 Å². The van der Waals surface area contributed by atoms with E-state index >= 15 is 0 Å². The van der Waals surface area contributed by atoms with Crippen molar-refractivity contribution < 1.29 is 4.42 Å². The zero-order chi connectivity index (χ0) is 17.3. The molecule has 0 unspecified atom stereocenters. The van der Waals surface area contributed by atoms with Crippen LogP contribution in [0.15, 0.2) is 89.9 Å². The summed E-state index contributed by atoms with van der Waals surface area (Å²) in [6.45, 7) is 0. The SMILES string of the molecule is c1ccc(-c2ccc(-c3nc4cc(-n5cnnc5)ccc4o3)cc2)cc1. The van der Waals surface area contributed by atoms with E-state index in [2.05, 4.69) is 39.4 Å². The Hall–Kier alpha value is -3.73. The Morgan fingerprint density at radius 3 is 2.15 bits per heavy atom. The van der Waals surface area contributed by atoms with Gasteiger partial charge in [-0.2, -0.15) is 0 Å². The van der Waals surface area contributed by atoms with Crippen molar-refractivity contribution in [1.29, 1.82) is 0 Å². The largest absolute Gasteiger partial charge is 0.436 e. The molecule has 5 heteroatoms. The molecule has 0 aliphatic carbocycles. The second kappa shape index (κ2) is 5.97. The summed E-state index contributed by atoms with van der Waals surface area (Å²) in [6.07, 6.45) is 3.31. The van der Waals surface area contributed by atoms with Gasteiger partial charge in [0.05, 0.1) is 5.69 Å². The fraction of sp³-hybridized carbons (Fsp3) is 0. The van der Waals surface area contributed by atoms with Crippen LogP contribution in [0.1, 0.15) is 0 Å². The third-order valence-corrected chi connectivity index (χ3v) is 4.33. The number of benzene rings is 3. The van der Waals surface area contributed by atoms with E-state index in [1.165, 1.54) is 11.1 Å². The molecule has 5 nitrogen and oxygen atoms in total. The van der Waals surface area contributed by atoms with Crippen LogP contribution in [0.4, 0.5) is 0 Å². The highest BCUT2D eigenvalue weighted by Gasteiger charge is 2.10. The third-order valence-electron chi connectivity index (χ3n) is 4.33. The number of nitrogens with zero attached hydrogens (tertiary/aromatic N) is 4. The minimum absolute atomic E-state index is 0.612. The van der Waals surface area contributed by atoms with Gasteiger partial charge in [0.25, 0.3) is 0 Å². The van der Waals surface area contributed by atoms with Gasteiger partial charge in [-0.25, -0.2) is 4.98 Å². The van der Waals surface area contributed by atoms with E-state index in [9.17, 15) is 0 Å². The standard InChI is InChI=1S/C21H14N4O/c1-2-4-15(5-3-1)16-6-8-17(9-7-16)21-24-19-12-18(10-11-20(19)26-21)25-13-22-23-14-25/h1-14H. The zero-order valence-corrected chi connectivity index (χ0v) is 13.8. The van der Waals surface area contributed by atoms with Gasteiger partial charge in [-0.15, -0.1) is 10.2 Å². The lowest BCUT2D eigenvalue weighted by Crippen LogP contribution is -1.88. The van der Waals surface area contributed by atoms with Gasteiger partial charge in [0.1, 0.15) is 18.2 Å². The summed E-state index contributed by atoms with van der Waals surface area (Å²) in [4.78, 5) is 4.64. The molecule has 0 spiro atoms. The van der Waals surface area contributed by atoms with Crippen molar-refractivity contribution in [2.45, 2.75) is 0 Å². The molecule has 0 N–H and O–H groups in total. The predicted molar refractivity (Wildman–Crippen MR) is 99.8 cm³/mol. The van der Waals surface area contributed by atoms with Crippen molar-refractivity contribution in [3.05, 3.63) is 85.5 Å². The number of hydrogen-bond donors (Lipinski definition) is 0. The Morgan fingerprint density at radius 2 is 1.38 bits per heavy atom. The molecule has 5 aromatic rings. The predicted octanol–water partition coefficient (Wildman–Crippen LogP) is 4.74. The average molecular weight is 338 g/mol. The van der Waals surface area contributed by atoms with E-state index in [1.807, 2.05) is 53.1 Å². The first-order valence-corrected chi connectivity index (χ1v) is 8.28. The molecule has 2 aromatic heterocycles. The van der Waals surface area contributed by atoms with Crippen LogP contribution in [0.3, 0.4) is 0 Å². The van der Waals surface area contributed by atoms with Gasteiger partial charge >= 0.3 is 0 Å². The van der Waals surface area contributed by atoms with Crippen LogP contribution < -0.4 is 0 Å². The van der Waals surface area contributed by atoms with Gasteiger partial charge in [0.15, 0.2) is 5.58 Å². The van der Waals surface area contributed by atoms with E-state index in [0.717, 1.165) is 22.4 Å². The summed E-state index contributed by atoms with van der Waals surface area (Å²) in [5.41, 5.74) is 5.81. The Labute approximate surface area is 149 Å². The summed E-state index contributed by atoms with van der Waals surface area (Å²) in [6, 6.07) is 24.4. The highest BCUT2D eigenvalue weighted by atomic mass is 16.3. The van der Waals surface area contributed by atoms with Crippen LogP contribution in [0.5, 0.6) is 0 Å². The first-order chi connectivity index (χ1) is 12.9. The first-order valence-electron chi connectivity index (χ1n) is 8.28. The van der Waals surface area contributed by atoms with E-state index in [1.54, 1.807) is 12.7 Å². The molecular weight excluding hydrogens is 324 g/mol. The summed E-state index contributed by atoms with van der Waals surface area (Å²) < 4.78 is 7.76. The second-order valence-corrected chi connectivity index (χ2v) is 5.98. The van der Waals surface area contributed by atoms with Gasteiger partial charge in [-0.05, 0) is 41.5 Å². The normalized spacial score (nSPS) is 11.1. The van der Waals surface area contributed by atoms with E-state index < -0.39 is 0 Å². The monoisotopic (exact) mass is 338 g/mol. The van der Waals surface area contributed by atoms with Crippen LogP contribution in [-0.2, 0) is 0 Å². The molecule has 2 heterocycles. The Kier molecular flexibility index (Phi) is 3.35. The molecule has 0 bridgehead atoms. The van der Waals surface area contributed by atoms with Crippen molar-refractivity contribution in [2.24, 2.45) is 0 Å². The molecule has 3 aromatic carbocycles. The average Bonchev–Trinajstić information content (AvgIpc) is 3.38. The van der Waals surface area contributed by atoms with Crippen LogP contribution in [0.2, 0.25) is 0 Å². The number of aromatic nitrogens is 4. The minimum atomic E-state index is 0.612. The maximum Gasteiger partial charge on any atom is 0.227 e. The molecule has 0 aliphatic heterocycles. The topological polar surface area (TPSA) is 56.7 Å². The number of oxazole rings is 1. The highest BCUT2D eigenvalue weighted by Crippen LogP contribution is 2.28. The van der Waals surface area contributed by atoms with Crippen molar-refractivity contribution in [3.63, 3.8) is 0 Å². The van der Waals surface area contributed by atoms with Crippen molar-refractivity contribution >= 4 is 11.1 Å². The molecule has 5 rings (SSSR count). The van der Waals surface area contributed by atoms with Crippen LogP contribution in [-0.4, -0.2) is 19.7 Å². The van der Waals surface area contributed by atoms with Crippen molar-refractivity contribution in [2.75, 3.05) is 0 Å². The van der Waals surface area contributed by atoms with Gasteiger partial charge in [0.2, 0.25) is 5.89 Å². The summed E-state index contributed by atoms with van der Waals surface area (Å²) in [7, 11) is 0. The molecule has 26 heavy (non-hydrogen) atoms. The smallest absolute Gasteiger partial charge is 0.227 e. The first kappa shape index (κ1) is 14.6. The number of hydrogen-bond acceptors (Lipinski definition) is 4. The fourth-order valence-electron chi connectivity index (χ4n) is 2.97. The molecule has 0 atom stereocenters. The lowest BCUT2D eigenvalue weighted by atomic mass is 10.0. The van der Waals surface area contributed by atoms with E-state index in [4.69, 9.17) is 4.42 Å². The zero-order valence-electron chi connectivity index (χ0n) is 13.8. The summed E-state index contributed by atoms with van der Waals surface area (Å²) in [5, 5.41) is 7.67. The Morgan fingerprint density at radius 1 is 0.692 bits per heavy atom. The quantitative estimate of drug-likeness (QED) is 0.477. The maximum absolute atomic E-state index is 5.92. The molecular formula is C21H14N4O. The lowest BCUT2D eigenvalue weighted by molar-refractivity contribution is 0.620. The van der Waals surface area contributed by atoms with Gasteiger partial charge in [-0.3, -0.25) is 4.57 Å². The molecule has 0 radical (unpaired) electrons. The van der Waals surface area contributed by atoms with E-state index in [-0.39, 0.29) is 0 Å².